The van der Waals surface area contributed by atoms with Gasteiger partial charge in [-0.1, -0.05) is 0 Å². The predicted octanol–water partition coefficient (Wildman–Crippen LogP) is 4.01. The summed E-state index contributed by atoms with van der Waals surface area (Å²) in [7, 11) is 0. The number of hydrogen-bond acceptors (Lipinski definition) is 2. The van der Waals surface area contributed by atoms with E-state index in [-0.39, 0.29) is 5.91 Å². The average molecular weight is 295 g/mol. The van der Waals surface area contributed by atoms with Crippen LogP contribution >= 0.6 is 11.3 Å². The van der Waals surface area contributed by atoms with Gasteiger partial charge >= 0.3 is 0 Å². The molecule has 0 saturated carbocycles. The average Bonchev–Trinajstić information content (AvgIpc) is 2.94. The van der Waals surface area contributed by atoms with Crippen LogP contribution in [0.15, 0.2) is 35.0 Å². The Morgan fingerprint density at radius 3 is 2.65 bits per heavy atom. The van der Waals surface area contributed by atoms with E-state index in [1.165, 1.54) is 11.0 Å². The van der Waals surface area contributed by atoms with Crippen LogP contribution in [-0.4, -0.2) is 12.5 Å². The highest BCUT2D eigenvalue weighted by Gasteiger charge is 2.15. The molecule has 1 aromatic heterocycles. The van der Waals surface area contributed by atoms with E-state index in [2.05, 4.69) is 0 Å². The third kappa shape index (κ3) is 3.42. The highest BCUT2D eigenvalue weighted by atomic mass is 32.1. The molecule has 20 heavy (non-hydrogen) atoms. The van der Waals surface area contributed by atoms with Gasteiger partial charge in [0.15, 0.2) is 11.6 Å². The Bertz CT molecular complexity index is 584. The van der Waals surface area contributed by atoms with Gasteiger partial charge in [0.05, 0.1) is 0 Å². The first kappa shape index (κ1) is 14.7. The van der Waals surface area contributed by atoms with E-state index in [1.54, 1.807) is 11.3 Å². The van der Waals surface area contributed by atoms with Crippen molar-refractivity contribution in [3.63, 3.8) is 0 Å². The largest absolute Gasteiger partial charge is 0.313 e. The molecule has 0 radical (unpaired) electrons. The molecular formula is C15H15F2NOS. The normalized spacial score (nSPS) is 10.6. The molecule has 1 amide bonds. The number of carbonyl (C=O) groups is 1. The molecule has 0 saturated heterocycles. The molecule has 2 nitrogen and oxygen atoms in total. The van der Waals surface area contributed by atoms with Gasteiger partial charge in [0.2, 0.25) is 5.91 Å². The van der Waals surface area contributed by atoms with Crippen LogP contribution in [0.5, 0.6) is 0 Å². The lowest BCUT2D eigenvalue weighted by molar-refractivity contribution is -0.118. The second-order valence-corrected chi connectivity index (χ2v) is 5.15. The van der Waals surface area contributed by atoms with E-state index in [4.69, 9.17) is 0 Å². The first-order valence-electron chi connectivity index (χ1n) is 6.38. The van der Waals surface area contributed by atoms with Crippen LogP contribution in [-0.2, 0) is 11.2 Å². The monoisotopic (exact) mass is 295 g/mol. The van der Waals surface area contributed by atoms with Crippen molar-refractivity contribution < 1.29 is 13.6 Å². The van der Waals surface area contributed by atoms with Crippen LogP contribution in [0, 0.1) is 11.6 Å². The number of thiophene rings is 1. The van der Waals surface area contributed by atoms with Gasteiger partial charge in [-0.15, -0.1) is 0 Å². The smallest absolute Gasteiger partial charge is 0.227 e. The third-order valence-corrected chi connectivity index (χ3v) is 3.77. The summed E-state index contributed by atoms with van der Waals surface area (Å²) in [6.45, 7) is 2.23. The maximum atomic E-state index is 13.2. The minimum absolute atomic E-state index is 0.0929. The fraction of sp³-hybridized carbons (Fsp3) is 0.267. The maximum Gasteiger partial charge on any atom is 0.227 e. The molecule has 106 valence electrons. The molecular weight excluding hydrogens is 280 g/mol. The number of rotatable bonds is 5. The summed E-state index contributed by atoms with van der Waals surface area (Å²) >= 11 is 1.59. The summed E-state index contributed by atoms with van der Waals surface area (Å²) < 4.78 is 26.2. The van der Waals surface area contributed by atoms with Crippen molar-refractivity contribution in [2.45, 2.75) is 19.8 Å². The summed E-state index contributed by atoms with van der Waals surface area (Å²) in [5.41, 5.74) is 1.51. The van der Waals surface area contributed by atoms with Crippen LogP contribution < -0.4 is 4.90 Å². The third-order valence-electron chi connectivity index (χ3n) is 3.04. The zero-order chi connectivity index (χ0) is 14.5. The van der Waals surface area contributed by atoms with Crippen molar-refractivity contribution in [3.05, 3.63) is 52.2 Å². The maximum absolute atomic E-state index is 13.2. The van der Waals surface area contributed by atoms with Crippen molar-refractivity contribution in [2.24, 2.45) is 0 Å². The Hall–Kier alpha value is -1.75. The molecule has 0 fully saturated rings. The number of nitrogens with zero attached hydrogens (tertiary/aromatic N) is 1. The standard InChI is InChI=1S/C15H15F2NOS/c1-2-18(12-4-5-13(16)14(17)9-12)15(19)6-3-11-7-8-20-10-11/h4-5,7-10H,2-3,6H2,1H3. The number of anilines is 1. The fourth-order valence-electron chi connectivity index (χ4n) is 1.98. The van der Waals surface area contributed by atoms with Gasteiger partial charge in [-0.25, -0.2) is 8.78 Å². The predicted molar refractivity (Wildman–Crippen MR) is 77.0 cm³/mol. The van der Waals surface area contributed by atoms with Crippen molar-refractivity contribution >= 4 is 22.9 Å². The molecule has 0 bridgehead atoms. The number of hydrogen-bond donors (Lipinski definition) is 0. The Balaban J connectivity index is 2.06. The van der Waals surface area contributed by atoms with Gasteiger partial charge in [0.25, 0.3) is 0 Å². The van der Waals surface area contributed by atoms with Gasteiger partial charge in [-0.3, -0.25) is 4.79 Å². The number of amides is 1. The first-order chi connectivity index (χ1) is 9.61. The topological polar surface area (TPSA) is 20.3 Å². The quantitative estimate of drug-likeness (QED) is 0.816. The lowest BCUT2D eigenvalue weighted by Crippen LogP contribution is -2.30. The summed E-state index contributed by atoms with van der Waals surface area (Å²) in [5.74, 6) is -1.94. The molecule has 1 heterocycles. The molecule has 2 aromatic rings. The van der Waals surface area contributed by atoms with E-state index < -0.39 is 11.6 Å². The molecule has 0 aliphatic heterocycles. The van der Waals surface area contributed by atoms with Crippen molar-refractivity contribution in [1.82, 2.24) is 0 Å². The molecule has 0 aliphatic carbocycles. The Kier molecular flexibility index (Phi) is 4.84. The van der Waals surface area contributed by atoms with Gasteiger partial charge < -0.3 is 4.90 Å². The Labute approximate surface area is 120 Å². The molecule has 0 aliphatic rings. The minimum Gasteiger partial charge on any atom is -0.313 e. The summed E-state index contributed by atoms with van der Waals surface area (Å²) in [6.07, 6.45) is 1.01. The lowest BCUT2D eigenvalue weighted by atomic mass is 10.1. The van der Waals surface area contributed by atoms with Crippen molar-refractivity contribution in [2.75, 3.05) is 11.4 Å². The second kappa shape index (κ2) is 6.61. The molecule has 0 unspecified atom stereocenters. The van der Waals surface area contributed by atoms with Gasteiger partial charge in [-0.2, -0.15) is 11.3 Å². The van der Waals surface area contributed by atoms with Gasteiger partial charge in [0, 0.05) is 24.7 Å². The highest BCUT2D eigenvalue weighted by Crippen LogP contribution is 2.19. The number of aryl methyl sites for hydroxylation is 1. The van der Waals surface area contributed by atoms with Crippen LogP contribution in [0.2, 0.25) is 0 Å². The van der Waals surface area contributed by atoms with Crippen LogP contribution in [0.4, 0.5) is 14.5 Å². The van der Waals surface area contributed by atoms with Crippen molar-refractivity contribution in [1.29, 1.82) is 0 Å². The number of benzene rings is 1. The van der Waals surface area contributed by atoms with E-state index in [1.807, 2.05) is 23.8 Å². The Morgan fingerprint density at radius 1 is 1.25 bits per heavy atom. The fourth-order valence-corrected chi connectivity index (χ4v) is 2.68. The molecule has 0 atom stereocenters. The lowest BCUT2D eigenvalue weighted by Gasteiger charge is -2.21. The second-order valence-electron chi connectivity index (χ2n) is 4.37. The molecule has 0 spiro atoms. The van der Waals surface area contributed by atoms with Crippen LogP contribution in [0.3, 0.4) is 0 Å². The number of halogens is 2. The van der Waals surface area contributed by atoms with Crippen LogP contribution in [0.1, 0.15) is 18.9 Å². The van der Waals surface area contributed by atoms with Crippen molar-refractivity contribution in [3.8, 4) is 0 Å². The summed E-state index contributed by atoms with van der Waals surface area (Å²) in [6, 6.07) is 5.50. The zero-order valence-electron chi connectivity index (χ0n) is 11.1. The van der Waals surface area contributed by atoms with E-state index in [9.17, 15) is 13.6 Å². The van der Waals surface area contributed by atoms with Gasteiger partial charge in [0.1, 0.15) is 0 Å². The molecule has 5 heteroatoms. The Morgan fingerprint density at radius 2 is 2.05 bits per heavy atom. The first-order valence-corrected chi connectivity index (χ1v) is 7.32. The van der Waals surface area contributed by atoms with Crippen LogP contribution in [0.25, 0.3) is 0 Å². The van der Waals surface area contributed by atoms with E-state index >= 15 is 0 Å². The molecule has 0 N–H and O–H groups in total. The number of carbonyl (C=O) groups excluding carboxylic acids is 1. The van der Waals surface area contributed by atoms with Gasteiger partial charge in [-0.05, 0) is 47.9 Å². The zero-order valence-corrected chi connectivity index (χ0v) is 11.9. The van der Waals surface area contributed by atoms with E-state index in [0.29, 0.717) is 25.1 Å². The minimum atomic E-state index is -0.938. The summed E-state index contributed by atoms with van der Waals surface area (Å²) in [4.78, 5) is 13.6. The summed E-state index contributed by atoms with van der Waals surface area (Å²) in [5, 5.41) is 3.97. The SMILES string of the molecule is CCN(C(=O)CCc1ccsc1)c1ccc(F)c(F)c1. The molecule has 1 aromatic carbocycles. The van der Waals surface area contributed by atoms with E-state index in [0.717, 1.165) is 17.7 Å². The highest BCUT2D eigenvalue weighted by molar-refractivity contribution is 7.07. The molecule has 2 rings (SSSR count).